The lowest BCUT2D eigenvalue weighted by Gasteiger charge is -2.25. The van der Waals surface area contributed by atoms with Crippen LogP contribution < -0.4 is 4.90 Å². The van der Waals surface area contributed by atoms with Crippen molar-refractivity contribution in [1.29, 1.82) is 0 Å². The minimum absolute atomic E-state index is 0.127. The summed E-state index contributed by atoms with van der Waals surface area (Å²) in [6.07, 6.45) is 2.05. The molecular weight excluding hydrogens is 656 g/mol. The van der Waals surface area contributed by atoms with Gasteiger partial charge in [-0.25, -0.2) is 9.78 Å². The number of benzene rings is 3. The average Bonchev–Trinajstić information content (AvgIpc) is 3.27. The van der Waals surface area contributed by atoms with Gasteiger partial charge in [-0.1, -0.05) is 65.6 Å². The molecule has 1 aliphatic heterocycles. The summed E-state index contributed by atoms with van der Waals surface area (Å²) >= 11 is 9.62. The van der Waals surface area contributed by atoms with E-state index in [1.807, 2.05) is 19.1 Å². The van der Waals surface area contributed by atoms with Crippen LogP contribution >= 0.6 is 27.5 Å². The van der Waals surface area contributed by atoms with Crippen LogP contribution in [0.15, 0.2) is 71.2 Å². The summed E-state index contributed by atoms with van der Waals surface area (Å²) in [4.78, 5) is 59.5. The predicted molar refractivity (Wildman–Crippen MR) is 177 cm³/mol. The van der Waals surface area contributed by atoms with Crippen molar-refractivity contribution >= 4 is 67.7 Å². The van der Waals surface area contributed by atoms with Gasteiger partial charge in [-0.3, -0.25) is 19.3 Å². The molecule has 2 fully saturated rings. The molecule has 2 aliphatic rings. The third-order valence-electron chi connectivity index (χ3n) is 8.93. The van der Waals surface area contributed by atoms with Gasteiger partial charge in [0.15, 0.2) is 6.10 Å². The molecule has 230 valence electrons. The van der Waals surface area contributed by atoms with Crippen molar-refractivity contribution in [2.24, 2.45) is 17.8 Å². The molecule has 6 rings (SSSR count). The van der Waals surface area contributed by atoms with E-state index in [9.17, 15) is 19.2 Å². The number of nitrogens with zero attached hydrogens (tertiary/aromatic N) is 2. The number of esters is 1. The molecular formula is C36H32BrClN2O5. The molecule has 3 aromatic carbocycles. The molecule has 2 heterocycles. The first kappa shape index (κ1) is 31.1. The molecule has 9 heteroatoms. The molecule has 0 bridgehead atoms. The second-order valence-corrected chi connectivity index (χ2v) is 13.3. The Morgan fingerprint density at radius 2 is 1.76 bits per heavy atom. The molecule has 1 aliphatic carbocycles. The number of rotatable bonds is 7. The Morgan fingerprint density at radius 1 is 1.02 bits per heavy atom. The maximum Gasteiger partial charge on any atom is 0.339 e. The zero-order valence-corrected chi connectivity index (χ0v) is 27.5. The third-order valence-corrected chi connectivity index (χ3v) is 9.62. The average molecular weight is 688 g/mol. The molecule has 2 amide bonds. The van der Waals surface area contributed by atoms with Gasteiger partial charge in [0.25, 0.3) is 0 Å². The number of Topliss-reactive ketones (excluding diaryl/α,β-unsaturated/α-hetero) is 1. The number of aromatic nitrogens is 1. The van der Waals surface area contributed by atoms with Gasteiger partial charge >= 0.3 is 5.97 Å². The second kappa shape index (κ2) is 12.5. The van der Waals surface area contributed by atoms with Crippen molar-refractivity contribution in [2.75, 3.05) is 4.90 Å². The fourth-order valence-corrected chi connectivity index (χ4v) is 7.22. The SMILES string of the molecule is CCc1cc(Br)cc2c(C(=O)OC(C)C(=O)c3cccc(Cl)c3)cc(-c3ccc(N4C(=O)C5CCC(C)CC5C4=O)cc3)nc12. The number of hydrogen-bond acceptors (Lipinski definition) is 6. The van der Waals surface area contributed by atoms with Crippen LogP contribution in [0.3, 0.4) is 0 Å². The van der Waals surface area contributed by atoms with Gasteiger partial charge in [-0.15, -0.1) is 0 Å². The van der Waals surface area contributed by atoms with Crippen molar-refractivity contribution in [3.63, 3.8) is 0 Å². The zero-order valence-electron chi connectivity index (χ0n) is 25.2. The highest BCUT2D eigenvalue weighted by molar-refractivity contribution is 9.10. The van der Waals surface area contributed by atoms with Gasteiger partial charge in [0.05, 0.1) is 34.3 Å². The molecule has 7 nitrogen and oxygen atoms in total. The summed E-state index contributed by atoms with van der Waals surface area (Å²) in [6, 6.07) is 19.1. The van der Waals surface area contributed by atoms with Crippen molar-refractivity contribution < 1.29 is 23.9 Å². The van der Waals surface area contributed by atoms with Crippen molar-refractivity contribution in [3.05, 3.63) is 92.9 Å². The number of ketones is 1. The summed E-state index contributed by atoms with van der Waals surface area (Å²) in [5.41, 5.74) is 3.95. The first-order valence-electron chi connectivity index (χ1n) is 15.2. The summed E-state index contributed by atoms with van der Waals surface area (Å²) in [5.74, 6) is -1.35. The van der Waals surface area contributed by atoms with E-state index in [1.54, 1.807) is 54.6 Å². The second-order valence-electron chi connectivity index (χ2n) is 12.0. The van der Waals surface area contributed by atoms with E-state index in [0.29, 0.717) is 50.8 Å². The van der Waals surface area contributed by atoms with Crippen LogP contribution in [-0.4, -0.2) is 34.7 Å². The lowest BCUT2D eigenvalue weighted by atomic mass is 9.76. The Labute approximate surface area is 275 Å². The van der Waals surface area contributed by atoms with Crippen molar-refractivity contribution in [2.45, 2.75) is 52.6 Å². The largest absolute Gasteiger partial charge is 0.451 e. The van der Waals surface area contributed by atoms with E-state index >= 15 is 0 Å². The minimum Gasteiger partial charge on any atom is -0.451 e. The summed E-state index contributed by atoms with van der Waals surface area (Å²) in [7, 11) is 0. The van der Waals surface area contributed by atoms with Gasteiger partial charge in [0.2, 0.25) is 17.6 Å². The summed E-state index contributed by atoms with van der Waals surface area (Å²) in [6.45, 7) is 5.68. The van der Waals surface area contributed by atoms with Crippen LogP contribution in [0.2, 0.25) is 5.02 Å². The Hall–Kier alpha value is -3.88. The van der Waals surface area contributed by atoms with E-state index in [-0.39, 0.29) is 35.0 Å². The topological polar surface area (TPSA) is 93.6 Å². The number of carbonyl (C=O) groups is 4. The maximum absolute atomic E-state index is 13.7. The van der Waals surface area contributed by atoms with Crippen LogP contribution in [0.1, 0.15) is 66.3 Å². The standard InChI is InChI=1S/C36H32BrClN2O5/c1-4-21-15-24(37)17-28-30(36(44)45-20(3)33(41)23-6-5-7-25(38)16-23)18-31(39-32(21)28)22-9-11-26(12-10-22)40-34(42)27-13-8-19(2)14-29(27)35(40)43/h5-7,9-12,15-20,27,29H,4,8,13-14H2,1-3H3. The molecule has 1 aromatic heterocycles. The van der Waals surface area contributed by atoms with E-state index in [4.69, 9.17) is 21.3 Å². The smallest absolute Gasteiger partial charge is 0.339 e. The Balaban J connectivity index is 1.34. The summed E-state index contributed by atoms with van der Waals surface area (Å²) in [5, 5.41) is 1.01. The molecule has 45 heavy (non-hydrogen) atoms. The normalized spacial score (nSPS) is 20.3. The van der Waals surface area contributed by atoms with Gasteiger partial charge < -0.3 is 4.74 Å². The van der Waals surface area contributed by atoms with Gasteiger partial charge in [0.1, 0.15) is 0 Å². The number of fused-ring (bicyclic) bond motifs is 2. The van der Waals surface area contributed by atoms with Gasteiger partial charge in [-0.2, -0.15) is 0 Å². The molecule has 0 N–H and O–H groups in total. The molecule has 1 saturated heterocycles. The van der Waals surface area contributed by atoms with Crippen LogP contribution in [-0.2, 0) is 20.7 Å². The highest BCUT2D eigenvalue weighted by Crippen LogP contribution is 2.42. The number of imide groups is 1. The van der Waals surface area contributed by atoms with E-state index in [2.05, 4.69) is 22.9 Å². The lowest BCUT2D eigenvalue weighted by molar-refractivity contribution is -0.122. The number of amides is 2. The fraction of sp³-hybridized carbons (Fsp3) is 0.306. The molecule has 4 unspecified atom stereocenters. The first-order chi connectivity index (χ1) is 21.5. The van der Waals surface area contributed by atoms with Crippen LogP contribution in [0.4, 0.5) is 5.69 Å². The number of hydrogen-bond donors (Lipinski definition) is 0. The fourth-order valence-electron chi connectivity index (χ4n) is 6.53. The zero-order chi connectivity index (χ0) is 32.0. The van der Waals surface area contributed by atoms with E-state index in [0.717, 1.165) is 29.3 Å². The number of anilines is 1. The molecule has 4 atom stereocenters. The number of halogens is 2. The van der Waals surface area contributed by atoms with Crippen LogP contribution in [0, 0.1) is 17.8 Å². The molecule has 1 saturated carbocycles. The quantitative estimate of drug-likeness (QED) is 0.110. The minimum atomic E-state index is -1.05. The van der Waals surface area contributed by atoms with E-state index < -0.39 is 12.1 Å². The highest BCUT2D eigenvalue weighted by atomic mass is 79.9. The van der Waals surface area contributed by atoms with Crippen LogP contribution in [0.5, 0.6) is 0 Å². The highest BCUT2D eigenvalue weighted by Gasteiger charge is 2.49. The number of pyridine rings is 1. The number of ether oxygens (including phenoxy) is 1. The summed E-state index contributed by atoms with van der Waals surface area (Å²) < 4.78 is 6.50. The number of aryl methyl sites for hydroxylation is 1. The van der Waals surface area contributed by atoms with Crippen molar-refractivity contribution in [1.82, 2.24) is 4.98 Å². The lowest BCUT2D eigenvalue weighted by Crippen LogP contribution is -2.30. The van der Waals surface area contributed by atoms with Crippen molar-refractivity contribution in [3.8, 4) is 11.3 Å². The molecule has 0 spiro atoms. The monoisotopic (exact) mass is 686 g/mol. The number of carbonyl (C=O) groups excluding carboxylic acids is 4. The van der Waals surface area contributed by atoms with Gasteiger partial charge in [0, 0.05) is 26.0 Å². The Bertz CT molecular complexity index is 1860. The van der Waals surface area contributed by atoms with Gasteiger partial charge in [-0.05, 0) is 86.6 Å². The third kappa shape index (κ3) is 5.93. The van der Waals surface area contributed by atoms with E-state index in [1.165, 1.54) is 11.8 Å². The Kier molecular flexibility index (Phi) is 8.63. The predicted octanol–water partition coefficient (Wildman–Crippen LogP) is 8.23. The molecule has 0 radical (unpaired) electrons. The maximum atomic E-state index is 13.7. The Morgan fingerprint density at radius 3 is 2.47 bits per heavy atom. The first-order valence-corrected chi connectivity index (χ1v) is 16.3. The van der Waals surface area contributed by atoms with Crippen LogP contribution in [0.25, 0.3) is 22.2 Å². The molecule has 4 aromatic rings.